The highest BCUT2D eigenvalue weighted by Crippen LogP contribution is 2.32. The van der Waals surface area contributed by atoms with E-state index in [-0.39, 0.29) is 0 Å². The first-order valence-electron chi connectivity index (χ1n) is 6.07. The first-order chi connectivity index (χ1) is 9.74. The molecule has 0 aliphatic rings. The Morgan fingerprint density at radius 2 is 1.95 bits per heavy atom. The van der Waals surface area contributed by atoms with Crippen molar-refractivity contribution in [3.05, 3.63) is 54.9 Å². The third kappa shape index (κ3) is 2.50. The molecule has 0 aliphatic heterocycles. The van der Waals surface area contributed by atoms with Gasteiger partial charge in [-0.1, -0.05) is 29.5 Å². The van der Waals surface area contributed by atoms with Crippen molar-refractivity contribution in [1.82, 2.24) is 19.5 Å². The predicted molar refractivity (Wildman–Crippen MR) is 78.9 cm³/mol. The van der Waals surface area contributed by atoms with E-state index in [0.717, 1.165) is 9.92 Å². The average molecular weight is 283 g/mol. The summed E-state index contributed by atoms with van der Waals surface area (Å²) in [6.45, 7) is 2.06. The lowest BCUT2D eigenvalue weighted by atomic mass is 10.2. The van der Waals surface area contributed by atoms with E-state index in [1.54, 1.807) is 23.3 Å². The Hall–Kier alpha value is -2.34. The third-order valence-electron chi connectivity index (χ3n) is 2.81. The van der Waals surface area contributed by atoms with Crippen molar-refractivity contribution in [2.45, 2.75) is 16.8 Å². The van der Waals surface area contributed by atoms with Crippen LogP contribution >= 0.6 is 11.8 Å². The number of aryl methyl sites for hydroxylation is 1. The highest BCUT2D eigenvalue weighted by molar-refractivity contribution is 7.99. The second-order valence-electron chi connectivity index (χ2n) is 4.30. The quantitative estimate of drug-likeness (QED) is 0.748. The largest absolute Gasteiger partial charge is 0.393 e. The van der Waals surface area contributed by atoms with Gasteiger partial charge in [0.1, 0.15) is 23.4 Å². The molecule has 0 saturated heterocycles. The fourth-order valence-corrected chi connectivity index (χ4v) is 2.56. The molecule has 0 aliphatic carbocycles. The summed E-state index contributed by atoms with van der Waals surface area (Å²) < 4.78 is 1.77. The topological polar surface area (TPSA) is 69.6 Å². The highest BCUT2D eigenvalue weighted by Gasteiger charge is 2.10. The number of imidazole rings is 1. The number of nitrogen functional groups attached to an aromatic ring is 1. The summed E-state index contributed by atoms with van der Waals surface area (Å²) in [5, 5.41) is 0.743. The highest BCUT2D eigenvalue weighted by atomic mass is 32.2. The van der Waals surface area contributed by atoms with Gasteiger partial charge in [-0.2, -0.15) is 0 Å². The predicted octanol–water partition coefficient (Wildman–Crippen LogP) is 2.70. The van der Waals surface area contributed by atoms with E-state index in [1.807, 2.05) is 0 Å². The van der Waals surface area contributed by atoms with Gasteiger partial charge in [0.2, 0.25) is 0 Å². The van der Waals surface area contributed by atoms with Crippen LogP contribution in [0, 0.1) is 6.92 Å². The van der Waals surface area contributed by atoms with Gasteiger partial charge < -0.3 is 5.73 Å². The molecule has 0 fully saturated rings. The van der Waals surface area contributed by atoms with Gasteiger partial charge in [0.05, 0.1) is 0 Å². The summed E-state index contributed by atoms with van der Waals surface area (Å²) in [5.74, 6) is 0.645. The van der Waals surface area contributed by atoms with Crippen LogP contribution in [0.15, 0.2) is 59.2 Å². The molecule has 0 spiro atoms. The SMILES string of the molecule is Cc1ccc(Sc2ncnc(-n3ccnc3)c2N)cc1. The molecular weight excluding hydrogens is 270 g/mol. The number of nitrogens with two attached hydrogens (primary N) is 1. The Bertz CT molecular complexity index is 707. The zero-order chi connectivity index (χ0) is 13.9. The second kappa shape index (κ2) is 5.34. The van der Waals surface area contributed by atoms with Crippen LogP contribution in [0.2, 0.25) is 0 Å². The number of anilines is 1. The Labute approximate surface area is 120 Å². The number of nitrogens with zero attached hydrogens (tertiary/aromatic N) is 4. The van der Waals surface area contributed by atoms with Gasteiger partial charge in [0, 0.05) is 17.3 Å². The zero-order valence-corrected chi connectivity index (χ0v) is 11.7. The van der Waals surface area contributed by atoms with E-state index < -0.39 is 0 Å². The molecule has 2 aromatic heterocycles. The number of aromatic nitrogens is 4. The Balaban J connectivity index is 1.94. The molecule has 0 amide bonds. The lowest BCUT2D eigenvalue weighted by Gasteiger charge is -2.09. The van der Waals surface area contributed by atoms with Crippen LogP contribution in [0.25, 0.3) is 5.82 Å². The van der Waals surface area contributed by atoms with E-state index in [2.05, 4.69) is 46.1 Å². The molecule has 0 unspecified atom stereocenters. The average Bonchev–Trinajstić information content (AvgIpc) is 2.97. The monoisotopic (exact) mass is 283 g/mol. The van der Waals surface area contributed by atoms with Gasteiger partial charge in [0.15, 0.2) is 5.82 Å². The normalized spacial score (nSPS) is 10.7. The minimum Gasteiger partial charge on any atom is -0.393 e. The maximum Gasteiger partial charge on any atom is 0.165 e. The van der Waals surface area contributed by atoms with Crippen LogP contribution < -0.4 is 5.73 Å². The van der Waals surface area contributed by atoms with E-state index in [9.17, 15) is 0 Å². The summed E-state index contributed by atoms with van der Waals surface area (Å²) in [6.07, 6.45) is 6.68. The fraction of sp³-hybridized carbons (Fsp3) is 0.0714. The van der Waals surface area contributed by atoms with E-state index in [4.69, 9.17) is 5.73 Å². The van der Waals surface area contributed by atoms with Crippen molar-refractivity contribution < 1.29 is 0 Å². The molecule has 3 rings (SSSR count). The van der Waals surface area contributed by atoms with Gasteiger partial charge in [-0.15, -0.1) is 0 Å². The molecule has 3 aromatic rings. The molecule has 1 aromatic carbocycles. The molecule has 6 heteroatoms. The van der Waals surface area contributed by atoms with Crippen molar-refractivity contribution >= 4 is 17.4 Å². The van der Waals surface area contributed by atoms with Crippen molar-refractivity contribution in [2.24, 2.45) is 0 Å². The Morgan fingerprint density at radius 3 is 2.65 bits per heavy atom. The van der Waals surface area contributed by atoms with Gasteiger partial charge >= 0.3 is 0 Å². The molecule has 100 valence electrons. The summed E-state index contributed by atoms with van der Waals surface area (Å²) in [7, 11) is 0. The molecule has 20 heavy (non-hydrogen) atoms. The fourth-order valence-electron chi connectivity index (χ4n) is 1.76. The smallest absolute Gasteiger partial charge is 0.165 e. The summed E-state index contributed by atoms with van der Waals surface area (Å²) in [5.41, 5.74) is 7.94. The lowest BCUT2D eigenvalue weighted by Crippen LogP contribution is -2.03. The number of rotatable bonds is 3. The molecular formula is C14H13N5S. The van der Waals surface area contributed by atoms with Gasteiger partial charge in [-0.3, -0.25) is 4.57 Å². The summed E-state index contributed by atoms with van der Waals surface area (Å²) in [4.78, 5) is 13.6. The zero-order valence-electron chi connectivity index (χ0n) is 10.9. The van der Waals surface area contributed by atoms with E-state index in [0.29, 0.717) is 11.5 Å². The molecule has 0 bridgehead atoms. The van der Waals surface area contributed by atoms with Crippen LogP contribution in [-0.2, 0) is 0 Å². The molecule has 0 saturated carbocycles. The minimum absolute atomic E-state index is 0.552. The maximum absolute atomic E-state index is 6.16. The summed E-state index contributed by atoms with van der Waals surface area (Å²) in [6, 6.07) is 8.24. The number of benzene rings is 1. The van der Waals surface area contributed by atoms with Crippen LogP contribution in [0.3, 0.4) is 0 Å². The third-order valence-corrected chi connectivity index (χ3v) is 3.84. The van der Waals surface area contributed by atoms with Gasteiger partial charge in [0.25, 0.3) is 0 Å². The van der Waals surface area contributed by atoms with Gasteiger partial charge in [-0.05, 0) is 19.1 Å². The Morgan fingerprint density at radius 1 is 1.15 bits per heavy atom. The molecule has 2 N–H and O–H groups in total. The van der Waals surface area contributed by atoms with Crippen LogP contribution in [-0.4, -0.2) is 19.5 Å². The number of hydrogen-bond acceptors (Lipinski definition) is 5. The van der Waals surface area contributed by atoms with Crippen molar-refractivity contribution in [3.63, 3.8) is 0 Å². The lowest BCUT2D eigenvalue weighted by molar-refractivity contribution is 0.942. The number of hydrogen-bond donors (Lipinski definition) is 1. The van der Waals surface area contributed by atoms with Crippen LogP contribution in [0.4, 0.5) is 5.69 Å². The standard InChI is InChI=1S/C14H13N5S/c1-10-2-4-11(5-3-10)20-14-12(15)13(17-8-18-14)19-7-6-16-9-19/h2-9H,15H2,1H3. The first kappa shape index (κ1) is 12.7. The second-order valence-corrected chi connectivity index (χ2v) is 5.36. The van der Waals surface area contributed by atoms with Crippen LogP contribution in [0.5, 0.6) is 0 Å². The van der Waals surface area contributed by atoms with Crippen molar-refractivity contribution in [3.8, 4) is 5.82 Å². The molecule has 0 radical (unpaired) electrons. The minimum atomic E-state index is 0.552. The summed E-state index contributed by atoms with van der Waals surface area (Å²) >= 11 is 1.52. The van der Waals surface area contributed by atoms with Crippen LogP contribution in [0.1, 0.15) is 5.56 Å². The molecule has 2 heterocycles. The molecule has 5 nitrogen and oxygen atoms in total. The Kier molecular flexibility index (Phi) is 3.39. The maximum atomic E-state index is 6.16. The van der Waals surface area contributed by atoms with E-state index in [1.165, 1.54) is 23.7 Å². The van der Waals surface area contributed by atoms with Gasteiger partial charge in [-0.25, -0.2) is 15.0 Å². The first-order valence-corrected chi connectivity index (χ1v) is 6.89. The van der Waals surface area contributed by atoms with Crippen molar-refractivity contribution in [2.75, 3.05) is 5.73 Å². The van der Waals surface area contributed by atoms with Crippen molar-refractivity contribution in [1.29, 1.82) is 0 Å². The van der Waals surface area contributed by atoms with E-state index >= 15 is 0 Å². The molecule has 0 atom stereocenters.